The third-order valence-corrected chi connectivity index (χ3v) is 6.56. The van der Waals surface area contributed by atoms with Crippen LogP contribution in [0.5, 0.6) is 0 Å². The second-order valence-electron chi connectivity index (χ2n) is 9.28. The molecule has 0 saturated carbocycles. The summed E-state index contributed by atoms with van der Waals surface area (Å²) in [5.41, 5.74) is 2.42. The molecule has 2 amide bonds. The van der Waals surface area contributed by atoms with Gasteiger partial charge in [-0.2, -0.15) is 0 Å². The number of hydrogen-bond acceptors (Lipinski definition) is 6. The molecule has 0 unspecified atom stereocenters. The summed E-state index contributed by atoms with van der Waals surface area (Å²) in [5, 5.41) is 0.740. The molecule has 0 spiro atoms. The maximum atomic E-state index is 13.1. The van der Waals surface area contributed by atoms with Crippen LogP contribution in [0, 0.1) is 0 Å². The molecule has 0 radical (unpaired) electrons. The molecular formula is C28H36ClN3O5. The lowest BCUT2D eigenvalue weighted by atomic mass is 10.1. The van der Waals surface area contributed by atoms with Crippen LogP contribution in [0.1, 0.15) is 36.2 Å². The standard InChI is InChI=1S/C28H36ClN3O5/c1-21(2)37-19-18-32(26(33)20-27(34)36-3)25-10-6-23(7-11-25)28(35)31-16-14-30(15-17-31)13-12-22-4-8-24(29)9-5-22/h4-11,21H,12-20H2,1-3H3. The number of amides is 2. The number of esters is 1. The summed E-state index contributed by atoms with van der Waals surface area (Å²) in [4.78, 5) is 43.2. The Morgan fingerprint density at radius 2 is 1.62 bits per heavy atom. The molecule has 200 valence electrons. The molecule has 0 bridgehead atoms. The Kier molecular flexibility index (Phi) is 10.9. The molecule has 0 aromatic heterocycles. The molecule has 1 saturated heterocycles. The normalized spacial score (nSPS) is 14.0. The van der Waals surface area contributed by atoms with E-state index in [9.17, 15) is 14.4 Å². The van der Waals surface area contributed by atoms with E-state index in [4.69, 9.17) is 16.3 Å². The summed E-state index contributed by atoms with van der Waals surface area (Å²) >= 11 is 5.96. The number of rotatable bonds is 11. The Bertz CT molecular complexity index is 1030. The van der Waals surface area contributed by atoms with E-state index in [1.807, 2.05) is 43.0 Å². The lowest BCUT2D eigenvalue weighted by Crippen LogP contribution is -2.49. The van der Waals surface area contributed by atoms with Crippen LogP contribution in [0.4, 0.5) is 5.69 Å². The average Bonchev–Trinajstić information content (AvgIpc) is 2.90. The predicted octanol–water partition coefficient (Wildman–Crippen LogP) is 3.66. The van der Waals surface area contributed by atoms with Gasteiger partial charge in [0.15, 0.2) is 0 Å². The van der Waals surface area contributed by atoms with Crippen LogP contribution < -0.4 is 4.90 Å². The first-order valence-electron chi connectivity index (χ1n) is 12.6. The van der Waals surface area contributed by atoms with Crippen molar-refractivity contribution in [2.45, 2.75) is 32.8 Å². The average molecular weight is 530 g/mol. The maximum absolute atomic E-state index is 13.1. The first kappa shape index (κ1) is 28.6. The van der Waals surface area contributed by atoms with Crippen molar-refractivity contribution in [3.8, 4) is 0 Å². The van der Waals surface area contributed by atoms with E-state index in [-0.39, 0.29) is 24.3 Å². The fraction of sp³-hybridized carbons (Fsp3) is 0.464. The van der Waals surface area contributed by atoms with E-state index in [2.05, 4.69) is 9.64 Å². The van der Waals surface area contributed by atoms with Crippen molar-refractivity contribution in [2.24, 2.45) is 0 Å². The number of benzene rings is 2. The van der Waals surface area contributed by atoms with Crippen molar-refractivity contribution < 1.29 is 23.9 Å². The summed E-state index contributed by atoms with van der Waals surface area (Å²) in [6.45, 7) is 8.36. The van der Waals surface area contributed by atoms with Gasteiger partial charge in [-0.05, 0) is 62.2 Å². The molecule has 1 fully saturated rings. The van der Waals surface area contributed by atoms with Crippen molar-refractivity contribution in [3.05, 3.63) is 64.7 Å². The SMILES string of the molecule is COC(=O)CC(=O)N(CCOC(C)C)c1ccc(C(=O)N2CCN(CCc3ccc(Cl)cc3)CC2)cc1. The second kappa shape index (κ2) is 14.1. The van der Waals surface area contributed by atoms with Crippen molar-refractivity contribution >= 4 is 35.1 Å². The van der Waals surface area contributed by atoms with E-state index < -0.39 is 5.97 Å². The van der Waals surface area contributed by atoms with Crippen LogP contribution in [0.25, 0.3) is 0 Å². The molecule has 37 heavy (non-hydrogen) atoms. The summed E-state index contributed by atoms with van der Waals surface area (Å²) in [7, 11) is 1.25. The first-order chi connectivity index (χ1) is 17.8. The van der Waals surface area contributed by atoms with Gasteiger partial charge in [0.1, 0.15) is 6.42 Å². The predicted molar refractivity (Wildman–Crippen MR) is 144 cm³/mol. The van der Waals surface area contributed by atoms with E-state index in [1.165, 1.54) is 17.6 Å². The molecule has 0 aliphatic carbocycles. The molecule has 1 aliphatic rings. The number of hydrogen-bond donors (Lipinski definition) is 0. The fourth-order valence-corrected chi connectivity index (χ4v) is 4.27. The van der Waals surface area contributed by atoms with E-state index in [0.29, 0.717) is 37.5 Å². The lowest BCUT2D eigenvalue weighted by Gasteiger charge is -2.35. The number of piperazine rings is 1. The number of methoxy groups -OCH3 is 1. The Labute approximate surface area is 224 Å². The lowest BCUT2D eigenvalue weighted by molar-refractivity contribution is -0.143. The van der Waals surface area contributed by atoms with Crippen LogP contribution in [-0.2, 0) is 25.5 Å². The molecule has 1 heterocycles. The van der Waals surface area contributed by atoms with Gasteiger partial charge in [0, 0.05) is 55.5 Å². The molecule has 2 aromatic carbocycles. The maximum Gasteiger partial charge on any atom is 0.315 e. The Hall–Kier alpha value is -2.94. The second-order valence-corrected chi connectivity index (χ2v) is 9.71. The number of ether oxygens (including phenoxy) is 2. The molecule has 9 heteroatoms. The Balaban J connectivity index is 1.55. The quantitative estimate of drug-likeness (QED) is 0.326. The van der Waals surface area contributed by atoms with Crippen LogP contribution in [0.2, 0.25) is 5.02 Å². The van der Waals surface area contributed by atoms with E-state index in [1.54, 1.807) is 24.3 Å². The number of halogens is 1. The molecule has 8 nitrogen and oxygen atoms in total. The molecular weight excluding hydrogens is 494 g/mol. The molecule has 2 aromatic rings. The van der Waals surface area contributed by atoms with Gasteiger partial charge in [-0.3, -0.25) is 19.3 Å². The van der Waals surface area contributed by atoms with Crippen molar-refractivity contribution in [2.75, 3.05) is 57.9 Å². The monoisotopic (exact) mass is 529 g/mol. The highest BCUT2D eigenvalue weighted by atomic mass is 35.5. The van der Waals surface area contributed by atoms with Crippen molar-refractivity contribution in [1.29, 1.82) is 0 Å². The van der Waals surface area contributed by atoms with Gasteiger partial charge in [0.05, 0.1) is 19.8 Å². The highest BCUT2D eigenvalue weighted by molar-refractivity contribution is 6.30. The van der Waals surface area contributed by atoms with Gasteiger partial charge in [0.25, 0.3) is 5.91 Å². The summed E-state index contributed by atoms with van der Waals surface area (Å²) in [6.07, 6.45) is 0.608. The van der Waals surface area contributed by atoms with E-state index >= 15 is 0 Å². The topological polar surface area (TPSA) is 79.4 Å². The minimum absolute atomic E-state index is 0.0236. The summed E-state index contributed by atoms with van der Waals surface area (Å²) in [6, 6.07) is 14.8. The third-order valence-electron chi connectivity index (χ3n) is 6.31. The fourth-order valence-electron chi connectivity index (χ4n) is 4.15. The van der Waals surface area contributed by atoms with Crippen molar-refractivity contribution in [3.63, 3.8) is 0 Å². The van der Waals surface area contributed by atoms with Crippen LogP contribution in [0.15, 0.2) is 48.5 Å². The van der Waals surface area contributed by atoms with Crippen LogP contribution >= 0.6 is 11.6 Å². The van der Waals surface area contributed by atoms with Gasteiger partial charge in [-0.1, -0.05) is 23.7 Å². The zero-order chi connectivity index (χ0) is 26.8. The van der Waals surface area contributed by atoms with Crippen LogP contribution in [-0.4, -0.2) is 86.7 Å². The zero-order valence-corrected chi connectivity index (χ0v) is 22.6. The van der Waals surface area contributed by atoms with Crippen LogP contribution in [0.3, 0.4) is 0 Å². The third kappa shape index (κ3) is 8.84. The molecule has 0 atom stereocenters. The van der Waals surface area contributed by atoms with Gasteiger partial charge in [-0.25, -0.2) is 0 Å². The zero-order valence-electron chi connectivity index (χ0n) is 21.8. The Morgan fingerprint density at radius 3 is 2.22 bits per heavy atom. The smallest absolute Gasteiger partial charge is 0.315 e. The molecule has 3 rings (SSSR count). The number of carbonyl (C=O) groups excluding carboxylic acids is 3. The largest absolute Gasteiger partial charge is 0.469 e. The van der Waals surface area contributed by atoms with Crippen molar-refractivity contribution in [1.82, 2.24) is 9.80 Å². The van der Waals surface area contributed by atoms with Gasteiger partial charge < -0.3 is 19.3 Å². The van der Waals surface area contributed by atoms with Gasteiger partial charge in [0.2, 0.25) is 5.91 Å². The summed E-state index contributed by atoms with van der Waals surface area (Å²) in [5.74, 6) is -1.01. The molecule has 1 aliphatic heterocycles. The summed E-state index contributed by atoms with van der Waals surface area (Å²) < 4.78 is 10.2. The minimum atomic E-state index is -0.598. The molecule has 0 N–H and O–H groups in total. The van der Waals surface area contributed by atoms with Gasteiger partial charge >= 0.3 is 5.97 Å². The Morgan fingerprint density at radius 1 is 0.973 bits per heavy atom. The number of carbonyl (C=O) groups is 3. The first-order valence-corrected chi connectivity index (χ1v) is 13.0. The minimum Gasteiger partial charge on any atom is -0.469 e. The van der Waals surface area contributed by atoms with Gasteiger partial charge in [-0.15, -0.1) is 0 Å². The van der Waals surface area contributed by atoms with E-state index in [0.717, 1.165) is 31.1 Å². The number of anilines is 1. The highest BCUT2D eigenvalue weighted by Gasteiger charge is 2.23. The highest BCUT2D eigenvalue weighted by Crippen LogP contribution is 2.19. The number of nitrogens with zero attached hydrogens (tertiary/aromatic N) is 3.